The van der Waals surface area contributed by atoms with Gasteiger partial charge in [-0.3, -0.25) is 4.79 Å². The molecule has 0 spiro atoms. The minimum Gasteiger partial charge on any atom is -0.328 e. The van der Waals surface area contributed by atoms with E-state index >= 15 is 0 Å². The summed E-state index contributed by atoms with van der Waals surface area (Å²) in [5.74, 6) is -0.162. The van der Waals surface area contributed by atoms with Gasteiger partial charge >= 0.3 is 0 Å². The molecule has 3 nitrogen and oxygen atoms in total. The van der Waals surface area contributed by atoms with E-state index in [1.807, 2.05) is 6.92 Å². The Hall–Kier alpha value is -1.42. The molecule has 1 aromatic rings. The van der Waals surface area contributed by atoms with Crippen LogP contribution in [-0.4, -0.2) is 18.5 Å². The van der Waals surface area contributed by atoms with E-state index in [1.54, 1.807) is 17.0 Å². The molecule has 4 heteroatoms. The molecule has 1 aliphatic carbocycles. The minimum absolute atomic E-state index is 0.00810. The summed E-state index contributed by atoms with van der Waals surface area (Å²) in [5.41, 5.74) is 6.70. The number of nitrogens with zero attached hydrogens (tertiary/aromatic N) is 1. The number of anilines is 1. The van der Waals surface area contributed by atoms with Crippen molar-refractivity contribution in [1.82, 2.24) is 0 Å². The maximum Gasteiger partial charge on any atom is 0.230 e. The van der Waals surface area contributed by atoms with E-state index in [-0.39, 0.29) is 23.7 Å². The molecule has 1 fully saturated rings. The molecule has 0 radical (unpaired) electrons. The van der Waals surface area contributed by atoms with Crippen LogP contribution in [0.1, 0.15) is 32.6 Å². The second-order valence-corrected chi connectivity index (χ2v) is 5.18. The number of halogens is 1. The van der Waals surface area contributed by atoms with Crippen LogP contribution in [0.25, 0.3) is 0 Å². The van der Waals surface area contributed by atoms with Crippen LogP contribution in [0.2, 0.25) is 0 Å². The van der Waals surface area contributed by atoms with E-state index in [0.717, 1.165) is 31.4 Å². The van der Waals surface area contributed by atoms with Gasteiger partial charge in [0.2, 0.25) is 5.91 Å². The molecule has 0 heterocycles. The highest BCUT2D eigenvalue weighted by Gasteiger charge is 2.28. The molecule has 0 saturated heterocycles. The van der Waals surface area contributed by atoms with Crippen LogP contribution >= 0.6 is 0 Å². The van der Waals surface area contributed by atoms with Crippen molar-refractivity contribution in [1.29, 1.82) is 0 Å². The zero-order valence-electron chi connectivity index (χ0n) is 11.3. The molecule has 2 rings (SSSR count). The zero-order valence-corrected chi connectivity index (χ0v) is 11.3. The van der Waals surface area contributed by atoms with Crippen LogP contribution in [-0.2, 0) is 4.79 Å². The number of hydrogen-bond acceptors (Lipinski definition) is 2. The fourth-order valence-electron chi connectivity index (χ4n) is 2.76. The quantitative estimate of drug-likeness (QED) is 0.912. The van der Waals surface area contributed by atoms with E-state index in [4.69, 9.17) is 5.73 Å². The van der Waals surface area contributed by atoms with Crippen molar-refractivity contribution >= 4 is 11.6 Å². The number of carbonyl (C=O) groups excluding carboxylic acids is 1. The van der Waals surface area contributed by atoms with Crippen LogP contribution in [0, 0.1) is 11.7 Å². The van der Waals surface area contributed by atoms with Crippen LogP contribution in [0.15, 0.2) is 24.3 Å². The summed E-state index contributed by atoms with van der Waals surface area (Å²) in [6.45, 7) is 2.53. The lowest BCUT2D eigenvalue weighted by Crippen LogP contribution is -2.40. The standard InChI is InChI=1S/C15H21FN2O/c1-2-18(14-8-6-12(16)7-9-14)15(19)11-4-3-5-13(17)10-11/h6-9,11,13H,2-5,10,17H2,1H3. The Morgan fingerprint density at radius 3 is 2.63 bits per heavy atom. The smallest absolute Gasteiger partial charge is 0.230 e. The van der Waals surface area contributed by atoms with Crippen molar-refractivity contribution in [3.8, 4) is 0 Å². The molecular weight excluding hydrogens is 243 g/mol. The third kappa shape index (κ3) is 3.32. The lowest BCUT2D eigenvalue weighted by atomic mass is 9.85. The third-order valence-corrected chi connectivity index (χ3v) is 3.78. The molecule has 2 atom stereocenters. The highest BCUT2D eigenvalue weighted by molar-refractivity contribution is 5.95. The molecule has 2 unspecified atom stereocenters. The van der Waals surface area contributed by atoms with Gasteiger partial charge in [-0.25, -0.2) is 4.39 Å². The number of hydrogen-bond donors (Lipinski definition) is 1. The first-order valence-electron chi connectivity index (χ1n) is 6.94. The van der Waals surface area contributed by atoms with Crippen molar-refractivity contribution in [3.05, 3.63) is 30.1 Å². The van der Waals surface area contributed by atoms with Crippen LogP contribution < -0.4 is 10.6 Å². The topological polar surface area (TPSA) is 46.3 Å². The molecule has 0 aliphatic heterocycles. The van der Waals surface area contributed by atoms with Crippen LogP contribution in [0.3, 0.4) is 0 Å². The number of carbonyl (C=O) groups is 1. The fourth-order valence-corrected chi connectivity index (χ4v) is 2.76. The highest BCUT2D eigenvalue weighted by Crippen LogP contribution is 2.27. The van der Waals surface area contributed by atoms with Gasteiger partial charge < -0.3 is 10.6 Å². The first kappa shape index (κ1) is 14.0. The lowest BCUT2D eigenvalue weighted by molar-refractivity contribution is -0.123. The van der Waals surface area contributed by atoms with E-state index in [2.05, 4.69) is 0 Å². The average Bonchev–Trinajstić information content (AvgIpc) is 2.41. The van der Waals surface area contributed by atoms with Gasteiger partial charge in [0.1, 0.15) is 5.82 Å². The SMILES string of the molecule is CCN(C(=O)C1CCCC(N)C1)c1ccc(F)cc1. The maximum absolute atomic E-state index is 12.9. The van der Waals surface area contributed by atoms with E-state index in [0.29, 0.717) is 6.54 Å². The molecule has 2 N–H and O–H groups in total. The van der Waals surface area contributed by atoms with Gasteiger partial charge in [-0.2, -0.15) is 0 Å². The summed E-state index contributed by atoms with van der Waals surface area (Å²) in [5, 5.41) is 0. The number of amides is 1. The molecule has 1 saturated carbocycles. The first-order chi connectivity index (χ1) is 9.11. The molecule has 19 heavy (non-hydrogen) atoms. The highest BCUT2D eigenvalue weighted by atomic mass is 19.1. The molecule has 1 aromatic carbocycles. The largest absolute Gasteiger partial charge is 0.328 e. The van der Waals surface area contributed by atoms with E-state index in [9.17, 15) is 9.18 Å². The third-order valence-electron chi connectivity index (χ3n) is 3.78. The van der Waals surface area contributed by atoms with E-state index in [1.165, 1.54) is 12.1 Å². The van der Waals surface area contributed by atoms with Crippen LogP contribution in [0.4, 0.5) is 10.1 Å². The molecule has 1 amide bonds. The summed E-state index contributed by atoms with van der Waals surface area (Å²) in [4.78, 5) is 14.3. The van der Waals surface area contributed by atoms with Gasteiger partial charge in [0.25, 0.3) is 0 Å². The van der Waals surface area contributed by atoms with Crippen LogP contribution in [0.5, 0.6) is 0 Å². The van der Waals surface area contributed by atoms with Gasteiger partial charge in [-0.15, -0.1) is 0 Å². The monoisotopic (exact) mass is 264 g/mol. The Kier molecular flexibility index (Phi) is 4.53. The predicted octanol–water partition coefficient (Wildman–Crippen LogP) is 2.70. The Morgan fingerprint density at radius 1 is 1.37 bits per heavy atom. The second-order valence-electron chi connectivity index (χ2n) is 5.18. The second kappa shape index (κ2) is 6.15. The fraction of sp³-hybridized carbons (Fsp3) is 0.533. The van der Waals surface area contributed by atoms with E-state index < -0.39 is 0 Å². The maximum atomic E-state index is 12.9. The Morgan fingerprint density at radius 2 is 2.05 bits per heavy atom. The molecule has 1 aliphatic rings. The predicted molar refractivity (Wildman–Crippen MR) is 74.4 cm³/mol. The minimum atomic E-state index is -0.285. The molecule has 104 valence electrons. The summed E-state index contributed by atoms with van der Waals surface area (Å²) in [6, 6.07) is 6.21. The number of rotatable bonds is 3. The average molecular weight is 264 g/mol. The van der Waals surface area contributed by atoms with Crippen molar-refractivity contribution in [2.45, 2.75) is 38.6 Å². The molecule has 0 bridgehead atoms. The van der Waals surface area contributed by atoms with Gasteiger partial charge in [-0.1, -0.05) is 6.42 Å². The van der Waals surface area contributed by atoms with Crippen molar-refractivity contribution in [3.63, 3.8) is 0 Å². The van der Waals surface area contributed by atoms with Crippen molar-refractivity contribution < 1.29 is 9.18 Å². The van der Waals surface area contributed by atoms with Crippen molar-refractivity contribution in [2.24, 2.45) is 11.7 Å². The number of benzene rings is 1. The van der Waals surface area contributed by atoms with Gasteiger partial charge in [-0.05, 0) is 50.5 Å². The summed E-state index contributed by atoms with van der Waals surface area (Å²) < 4.78 is 12.9. The normalized spacial score (nSPS) is 23.1. The Labute approximate surface area is 113 Å². The molecular formula is C15H21FN2O. The first-order valence-corrected chi connectivity index (χ1v) is 6.94. The lowest BCUT2D eigenvalue weighted by Gasteiger charge is -2.31. The summed E-state index contributed by atoms with van der Waals surface area (Å²) in [6.07, 6.45) is 3.69. The van der Waals surface area contributed by atoms with Gasteiger partial charge in [0, 0.05) is 24.2 Å². The molecule has 0 aromatic heterocycles. The summed E-state index contributed by atoms with van der Waals surface area (Å²) in [7, 11) is 0. The van der Waals surface area contributed by atoms with Crippen molar-refractivity contribution in [2.75, 3.05) is 11.4 Å². The Bertz CT molecular complexity index is 432. The van der Waals surface area contributed by atoms with Gasteiger partial charge in [0.15, 0.2) is 0 Å². The Balaban J connectivity index is 2.12. The summed E-state index contributed by atoms with van der Waals surface area (Å²) >= 11 is 0. The van der Waals surface area contributed by atoms with Gasteiger partial charge in [0.05, 0.1) is 0 Å². The number of nitrogens with two attached hydrogens (primary N) is 1. The zero-order chi connectivity index (χ0) is 13.8.